The summed E-state index contributed by atoms with van der Waals surface area (Å²) in [7, 11) is 0. The van der Waals surface area contributed by atoms with Crippen LogP contribution in [-0.4, -0.2) is 40.9 Å². The summed E-state index contributed by atoms with van der Waals surface area (Å²) >= 11 is 0. The molecule has 0 spiro atoms. The number of nitrogens with zero attached hydrogens (tertiary/aromatic N) is 1. The first-order valence-electron chi connectivity index (χ1n) is 6.67. The molecule has 0 aromatic carbocycles. The second kappa shape index (κ2) is 5.42. The molecule has 1 fully saturated rings. The van der Waals surface area contributed by atoms with Crippen LogP contribution in [0.5, 0.6) is 0 Å². The van der Waals surface area contributed by atoms with Gasteiger partial charge in [0.1, 0.15) is 5.60 Å². The van der Waals surface area contributed by atoms with Crippen LogP contribution in [-0.2, 0) is 4.74 Å². The van der Waals surface area contributed by atoms with E-state index in [0.717, 1.165) is 0 Å². The zero-order chi connectivity index (χ0) is 14.8. The first kappa shape index (κ1) is 15.8. The van der Waals surface area contributed by atoms with Gasteiger partial charge in [-0.2, -0.15) is 0 Å². The van der Waals surface area contributed by atoms with E-state index in [1.54, 1.807) is 0 Å². The summed E-state index contributed by atoms with van der Waals surface area (Å²) in [5, 5.41) is 9.95. The highest BCUT2D eigenvalue weighted by Crippen LogP contribution is 2.20. The molecule has 0 radical (unpaired) electrons. The van der Waals surface area contributed by atoms with Crippen LogP contribution in [0.1, 0.15) is 41.5 Å². The zero-order valence-corrected chi connectivity index (χ0v) is 12.8. The Balaban J connectivity index is 2.64. The van der Waals surface area contributed by atoms with Gasteiger partial charge in [-0.15, -0.1) is 0 Å². The number of rotatable bonds is 0. The second-order valence-corrected chi connectivity index (χ2v) is 7.08. The van der Waals surface area contributed by atoms with Gasteiger partial charge in [0.2, 0.25) is 0 Å². The molecule has 1 aliphatic rings. The maximum Gasteiger partial charge on any atom is 0.410 e. The van der Waals surface area contributed by atoms with Crippen molar-refractivity contribution in [1.82, 2.24) is 4.90 Å². The Morgan fingerprint density at radius 2 is 1.79 bits per heavy atom. The maximum atomic E-state index is 11.9. The molecule has 1 N–H and O–H groups in total. The fraction of sp³-hybridized carbons (Fsp3) is 0.800. The van der Waals surface area contributed by atoms with Crippen molar-refractivity contribution in [2.75, 3.05) is 13.1 Å². The second-order valence-electron chi connectivity index (χ2n) is 7.08. The summed E-state index contributed by atoms with van der Waals surface area (Å²) in [6, 6.07) is 0. The average Bonchev–Trinajstić information content (AvgIpc) is 2.53. The van der Waals surface area contributed by atoms with Crippen LogP contribution in [0.2, 0.25) is 0 Å². The van der Waals surface area contributed by atoms with Crippen molar-refractivity contribution in [2.24, 2.45) is 11.3 Å². The zero-order valence-electron chi connectivity index (χ0n) is 12.8. The van der Waals surface area contributed by atoms with E-state index in [4.69, 9.17) is 4.74 Å². The number of β-amino-alcohol motifs (C(OH)–C–C–N with tert-alkyl or cyclic N) is 1. The van der Waals surface area contributed by atoms with Gasteiger partial charge in [-0.05, 0) is 41.5 Å². The maximum absolute atomic E-state index is 11.9. The topological polar surface area (TPSA) is 49.8 Å². The molecule has 1 heterocycles. The standard InChI is InChI=1S/C15H25NO3/c1-14(2,3)8-7-11-9-16(10-12(11)17)13(18)19-15(4,5)6/h11-12,17H,9-10H2,1-6H3/t11-,12-/m1/s1. The van der Waals surface area contributed by atoms with E-state index in [-0.39, 0.29) is 17.4 Å². The van der Waals surface area contributed by atoms with Crippen LogP contribution in [0, 0.1) is 23.2 Å². The molecule has 4 heteroatoms. The third-order valence-corrected chi connectivity index (χ3v) is 2.57. The highest BCUT2D eigenvalue weighted by Gasteiger charge is 2.35. The van der Waals surface area contributed by atoms with Gasteiger partial charge in [-0.1, -0.05) is 11.8 Å². The summed E-state index contributed by atoms with van der Waals surface area (Å²) in [4.78, 5) is 13.4. The number of carbonyl (C=O) groups is 1. The fourth-order valence-electron chi connectivity index (χ4n) is 1.71. The van der Waals surface area contributed by atoms with E-state index in [9.17, 15) is 9.90 Å². The lowest BCUT2D eigenvalue weighted by Crippen LogP contribution is -2.35. The van der Waals surface area contributed by atoms with Crippen molar-refractivity contribution in [3.05, 3.63) is 0 Å². The summed E-state index contributed by atoms with van der Waals surface area (Å²) in [5.74, 6) is 5.99. The lowest BCUT2D eigenvalue weighted by Gasteiger charge is -2.24. The molecule has 0 aromatic heterocycles. The molecule has 19 heavy (non-hydrogen) atoms. The Morgan fingerprint density at radius 3 is 2.26 bits per heavy atom. The third-order valence-electron chi connectivity index (χ3n) is 2.57. The van der Waals surface area contributed by atoms with Crippen LogP contribution in [0.4, 0.5) is 4.79 Å². The smallest absolute Gasteiger partial charge is 0.410 e. The minimum absolute atomic E-state index is 0.0982. The van der Waals surface area contributed by atoms with Gasteiger partial charge in [0.25, 0.3) is 0 Å². The highest BCUT2D eigenvalue weighted by molar-refractivity contribution is 5.68. The number of hydrogen-bond acceptors (Lipinski definition) is 3. The Morgan fingerprint density at radius 1 is 1.21 bits per heavy atom. The van der Waals surface area contributed by atoms with E-state index in [1.165, 1.54) is 4.90 Å². The van der Waals surface area contributed by atoms with Crippen molar-refractivity contribution in [2.45, 2.75) is 53.2 Å². The molecular formula is C15H25NO3. The monoisotopic (exact) mass is 267 g/mol. The molecule has 0 saturated carbocycles. The van der Waals surface area contributed by atoms with E-state index < -0.39 is 11.7 Å². The lowest BCUT2D eigenvalue weighted by atomic mass is 9.96. The minimum atomic E-state index is -0.595. The summed E-state index contributed by atoms with van der Waals surface area (Å²) in [5.41, 5.74) is -0.615. The van der Waals surface area contributed by atoms with E-state index in [0.29, 0.717) is 13.1 Å². The fourth-order valence-corrected chi connectivity index (χ4v) is 1.71. The van der Waals surface area contributed by atoms with Gasteiger partial charge < -0.3 is 14.7 Å². The van der Waals surface area contributed by atoms with Gasteiger partial charge in [0.05, 0.1) is 18.6 Å². The number of carbonyl (C=O) groups excluding carboxylic acids is 1. The first-order chi connectivity index (χ1) is 8.48. The molecule has 4 nitrogen and oxygen atoms in total. The van der Waals surface area contributed by atoms with Gasteiger partial charge in [-0.25, -0.2) is 4.79 Å². The van der Waals surface area contributed by atoms with Crippen LogP contribution < -0.4 is 0 Å². The minimum Gasteiger partial charge on any atom is -0.444 e. The Bertz CT molecular complexity index is 392. The molecule has 0 aliphatic carbocycles. The van der Waals surface area contributed by atoms with Gasteiger partial charge in [-0.3, -0.25) is 0 Å². The number of aliphatic hydroxyl groups excluding tert-OH is 1. The molecular weight excluding hydrogens is 242 g/mol. The number of ether oxygens (including phenoxy) is 1. The number of hydrogen-bond donors (Lipinski definition) is 1. The summed E-state index contributed by atoms with van der Waals surface area (Å²) < 4.78 is 5.29. The molecule has 1 amide bonds. The Labute approximate surface area is 116 Å². The number of aliphatic hydroxyl groups is 1. The summed E-state index contributed by atoms with van der Waals surface area (Å²) in [6.07, 6.45) is -0.978. The summed E-state index contributed by atoms with van der Waals surface area (Å²) in [6.45, 7) is 12.3. The van der Waals surface area contributed by atoms with Crippen LogP contribution >= 0.6 is 0 Å². The molecule has 0 bridgehead atoms. The number of amides is 1. The van der Waals surface area contributed by atoms with E-state index in [2.05, 4.69) is 11.8 Å². The van der Waals surface area contributed by atoms with Crippen molar-refractivity contribution in [3.63, 3.8) is 0 Å². The lowest BCUT2D eigenvalue weighted by molar-refractivity contribution is 0.0270. The van der Waals surface area contributed by atoms with Crippen molar-refractivity contribution < 1.29 is 14.6 Å². The molecule has 0 aromatic rings. The third kappa shape index (κ3) is 5.52. The van der Waals surface area contributed by atoms with Gasteiger partial charge in [0, 0.05) is 12.0 Å². The Hall–Kier alpha value is -1.21. The SMILES string of the molecule is CC(C)(C)C#C[C@@H]1CN(C(=O)OC(C)(C)C)C[C@H]1O. The van der Waals surface area contributed by atoms with E-state index in [1.807, 2.05) is 41.5 Å². The molecule has 1 rings (SSSR count). The molecule has 1 aliphatic heterocycles. The highest BCUT2D eigenvalue weighted by atomic mass is 16.6. The molecule has 108 valence electrons. The first-order valence-corrected chi connectivity index (χ1v) is 6.67. The normalized spacial score (nSPS) is 23.8. The van der Waals surface area contributed by atoms with Gasteiger partial charge >= 0.3 is 6.09 Å². The van der Waals surface area contributed by atoms with Crippen molar-refractivity contribution in [1.29, 1.82) is 0 Å². The molecule has 2 atom stereocenters. The largest absolute Gasteiger partial charge is 0.444 e. The quantitative estimate of drug-likeness (QED) is 0.685. The van der Waals surface area contributed by atoms with Crippen LogP contribution in [0.15, 0.2) is 0 Å². The van der Waals surface area contributed by atoms with E-state index >= 15 is 0 Å². The van der Waals surface area contributed by atoms with Crippen LogP contribution in [0.25, 0.3) is 0 Å². The van der Waals surface area contributed by atoms with Crippen molar-refractivity contribution in [3.8, 4) is 11.8 Å². The van der Waals surface area contributed by atoms with Gasteiger partial charge in [0.15, 0.2) is 0 Å². The van der Waals surface area contributed by atoms with Crippen LogP contribution in [0.3, 0.4) is 0 Å². The molecule has 1 saturated heterocycles. The average molecular weight is 267 g/mol. The predicted molar refractivity (Wildman–Crippen MR) is 74.5 cm³/mol. The molecule has 0 unspecified atom stereocenters. The van der Waals surface area contributed by atoms with Crippen molar-refractivity contribution >= 4 is 6.09 Å². The predicted octanol–water partition coefficient (Wildman–Crippen LogP) is 2.26. The number of likely N-dealkylation sites (tertiary alicyclic amines) is 1. The Kier molecular flexibility index (Phi) is 4.52.